The molecule has 2 fully saturated rings. The summed E-state index contributed by atoms with van der Waals surface area (Å²) in [6, 6.07) is 3.39. The van der Waals surface area contributed by atoms with Crippen molar-refractivity contribution in [2.45, 2.75) is 69.6 Å². The Balaban J connectivity index is 1.44. The summed E-state index contributed by atoms with van der Waals surface area (Å²) >= 11 is 0. The molecule has 1 saturated heterocycles. The Hall–Kier alpha value is -2.98. The van der Waals surface area contributed by atoms with Crippen LogP contribution in [0.5, 0.6) is 0 Å². The highest BCUT2D eigenvalue weighted by Crippen LogP contribution is 2.37. The minimum absolute atomic E-state index is 0.0865. The van der Waals surface area contributed by atoms with E-state index < -0.39 is 36.1 Å². The zero-order chi connectivity index (χ0) is 24.0. The number of anilines is 1. The number of carbonyl (C=O) groups excluding carboxylic acids is 1. The van der Waals surface area contributed by atoms with Crippen LogP contribution in [-0.4, -0.2) is 67.7 Å². The van der Waals surface area contributed by atoms with Crippen molar-refractivity contribution in [2.24, 2.45) is 4.99 Å². The Kier molecular flexibility index (Phi) is 6.03. The van der Waals surface area contributed by atoms with Crippen LogP contribution >= 0.6 is 0 Å². The number of hydrogen-bond donors (Lipinski definition) is 3. The molecule has 3 N–H and O–H groups in total. The van der Waals surface area contributed by atoms with Crippen LogP contribution < -0.4 is 5.32 Å². The molecule has 1 aromatic heterocycles. The number of aliphatic imine (C=N–C) groups is 1. The number of rotatable bonds is 4. The summed E-state index contributed by atoms with van der Waals surface area (Å²) in [5, 5.41) is 23.4. The molecule has 5 rings (SSSR count). The Morgan fingerprint density at radius 3 is 2.82 bits per heavy atom. The maximum atomic E-state index is 14.5. The number of amides is 1. The van der Waals surface area contributed by atoms with E-state index in [9.17, 15) is 23.8 Å². The molecule has 5 atom stereocenters. The minimum atomic E-state index is -1.23. The van der Waals surface area contributed by atoms with E-state index in [1.54, 1.807) is 6.07 Å². The molecule has 2 aliphatic heterocycles. The summed E-state index contributed by atoms with van der Waals surface area (Å²) in [4.78, 5) is 28.0. The van der Waals surface area contributed by atoms with E-state index in [1.807, 2.05) is 6.92 Å². The first-order valence-electron chi connectivity index (χ1n) is 11.5. The van der Waals surface area contributed by atoms with Crippen LogP contribution in [0.3, 0.4) is 0 Å². The Morgan fingerprint density at radius 2 is 2.03 bits per heavy atom. The van der Waals surface area contributed by atoms with E-state index in [0.717, 1.165) is 5.56 Å². The van der Waals surface area contributed by atoms with E-state index in [-0.39, 0.29) is 37.7 Å². The smallest absolute Gasteiger partial charge is 0.273 e. The number of aliphatic hydroxyl groups excluding tert-OH is 2. The molecular weight excluding hydrogens is 444 g/mol. The number of fused-ring (bicyclic) bond motifs is 1. The van der Waals surface area contributed by atoms with Gasteiger partial charge in [-0.3, -0.25) is 9.79 Å². The summed E-state index contributed by atoms with van der Waals surface area (Å²) in [5.41, 5.74) is 2.52. The second-order valence-corrected chi connectivity index (χ2v) is 9.30. The van der Waals surface area contributed by atoms with Crippen LogP contribution in [0.25, 0.3) is 0 Å². The van der Waals surface area contributed by atoms with Crippen molar-refractivity contribution >= 4 is 17.4 Å². The zero-order valence-corrected chi connectivity index (χ0v) is 18.8. The molecule has 1 unspecified atom stereocenters. The van der Waals surface area contributed by atoms with Crippen molar-refractivity contribution < 1.29 is 23.8 Å². The molecule has 1 saturated carbocycles. The predicted octanol–water partition coefficient (Wildman–Crippen LogP) is 2.22. The second kappa shape index (κ2) is 8.99. The number of likely N-dealkylation sites (tertiary alicyclic amines) is 1. The van der Waals surface area contributed by atoms with Gasteiger partial charge in [0, 0.05) is 12.8 Å². The summed E-state index contributed by atoms with van der Waals surface area (Å²) < 4.78 is 28.5. The van der Waals surface area contributed by atoms with Gasteiger partial charge in [-0.05, 0) is 43.0 Å². The number of benzene rings is 1. The molecule has 0 radical (unpaired) electrons. The average molecular weight is 472 g/mol. The fraction of sp³-hybridized carbons (Fsp3) is 0.500. The van der Waals surface area contributed by atoms with Gasteiger partial charge >= 0.3 is 0 Å². The molecular formula is C24H27F2N5O3. The van der Waals surface area contributed by atoms with Crippen molar-refractivity contribution in [1.29, 1.82) is 0 Å². The first kappa shape index (κ1) is 22.8. The molecule has 1 aliphatic carbocycles. The van der Waals surface area contributed by atoms with Crippen LogP contribution in [0.15, 0.2) is 29.5 Å². The van der Waals surface area contributed by atoms with E-state index >= 15 is 0 Å². The van der Waals surface area contributed by atoms with Crippen LogP contribution in [0.2, 0.25) is 0 Å². The monoisotopic (exact) mass is 471 g/mol. The van der Waals surface area contributed by atoms with Gasteiger partial charge in [0.15, 0.2) is 0 Å². The molecule has 1 aromatic carbocycles. The summed E-state index contributed by atoms with van der Waals surface area (Å²) in [7, 11) is 0. The Morgan fingerprint density at radius 1 is 1.21 bits per heavy atom. The maximum Gasteiger partial charge on any atom is 0.273 e. The van der Waals surface area contributed by atoms with Crippen LogP contribution in [-0.2, 0) is 11.3 Å². The molecule has 34 heavy (non-hydrogen) atoms. The summed E-state index contributed by atoms with van der Waals surface area (Å²) in [6.07, 6.45) is 0.259. The number of carbonyl (C=O) groups is 1. The van der Waals surface area contributed by atoms with Crippen molar-refractivity contribution in [3.63, 3.8) is 0 Å². The van der Waals surface area contributed by atoms with Gasteiger partial charge in [0.2, 0.25) is 0 Å². The lowest BCUT2D eigenvalue weighted by Crippen LogP contribution is -2.42. The van der Waals surface area contributed by atoms with E-state index in [0.29, 0.717) is 35.5 Å². The molecule has 8 nitrogen and oxygen atoms in total. The van der Waals surface area contributed by atoms with Gasteiger partial charge in [-0.1, -0.05) is 6.07 Å². The van der Waals surface area contributed by atoms with Gasteiger partial charge in [-0.15, -0.1) is 0 Å². The third-order valence-electron chi connectivity index (χ3n) is 6.97. The van der Waals surface area contributed by atoms with Crippen LogP contribution in [0.1, 0.15) is 54.1 Å². The fourth-order valence-corrected chi connectivity index (χ4v) is 5.19. The van der Waals surface area contributed by atoms with E-state index in [1.165, 1.54) is 23.4 Å². The molecule has 2 aromatic rings. The number of aromatic nitrogens is 2. The number of alkyl halides is 1. The molecule has 180 valence electrons. The molecule has 3 heterocycles. The zero-order valence-electron chi connectivity index (χ0n) is 18.8. The molecule has 0 spiro atoms. The molecule has 0 bridgehead atoms. The first-order chi connectivity index (χ1) is 16.3. The lowest BCUT2D eigenvalue weighted by Gasteiger charge is -2.32. The SMILES string of the molecule is Cc1ccc(F)cc1[C@H]1C[C@H](F)CN1C(=O)C1=NCc2ncnc(NC3CC[C@@H](O)C[C@H]3O)c21. The van der Waals surface area contributed by atoms with Gasteiger partial charge in [-0.2, -0.15) is 0 Å². The van der Waals surface area contributed by atoms with E-state index in [4.69, 9.17) is 0 Å². The fourth-order valence-electron chi connectivity index (χ4n) is 5.19. The number of aryl methyl sites for hydroxylation is 1. The molecule has 1 amide bonds. The minimum Gasteiger partial charge on any atom is -0.393 e. The summed E-state index contributed by atoms with van der Waals surface area (Å²) in [5.74, 6) is -0.510. The van der Waals surface area contributed by atoms with Gasteiger partial charge in [0.05, 0.1) is 48.6 Å². The lowest BCUT2D eigenvalue weighted by molar-refractivity contribution is -0.125. The number of nitrogens with zero attached hydrogens (tertiary/aromatic N) is 4. The Bertz CT molecular complexity index is 1140. The highest BCUT2D eigenvalue weighted by Gasteiger charge is 2.41. The topological polar surface area (TPSA) is 111 Å². The van der Waals surface area contributed by atoms with Crippen molar-refractivity contribution in [2.75, 3.05) is 11.9 Å². The highest BCUT2D eigenvalue weighted by molar-refractivity contribution is 6.47. The number of aliphatic hydroxyl groups is 2. The number of nitrogens with one attached hydrogen (secondary N) is 1. The second-order valence-electron chi connectivity index (χ2n) is 9.30. The van der Waals surface area contributed by atoms with Gasteiger partial charge in [-0.25, -0.2) is 18.7 Å². The van der Waals surface area contributed by atoms with E-state index in [2.05, 4.69) is 20.3 Å². The largest absolute Gasteiger partial charge is 0.393 e. The highest BCUT2D eigenvalue weighted by atomic mass is 19.1. The van der Waals surface area contributed by atoms with Crippen molar-refractivity contribution in [1.82, 2.24) is 14.9 Å². The normalized spacial score (nSPS) is 28.6. The number of halogens is 2. The first-order valence-corrected chi connectivity index (χ1v) is 11.5. The molecule has 3 aliphatic rings. The third kappa shape index (κ3) is 4.16. The predicted molar refractivity (Wildman–Crippen MR) is 121 cm³/mol. The lowest BCUT2D eigenvalue weighted by atomic mass is 9.90. The van der Waals surface area contributed by atoms with Crippen molar-refractivity contribution in [3.8, 4) is 0 Å². The Labute approximate surface area is 195 Å². The van der Waals surface area contributed by atoms with Gasteiger partial charge in [0.1, 0.15) is 29.8 Å². The van der Waals surface area contributed by atoms with Crippen molar-refractivity contribution in [3.05, 3.63) is 52.7 Å². The number of hydrogen-bond acceptors (Lipinski definition) is 7. The third-order valence-corrected chi connectivity index (χ3v) is 6.97. The molecule has 10 heteroatoms. The summed E-state index contributed by atoms with van der Waals surface area (Å²) in [6.45, 7) is 1.90. The van der Waals surface area contributed by atoms with Gasteiger partial charge < -0.3 is 20.4 Å². The standard InChI is InChI=1S/C24H27F2N5O3/c1-12-2-3-13(25)6-16(12)19-7-14(26)10-31(19)24(34)22-21-18(9-27-22)28-11-29-23(21)30-17-5-4-15(32)8-20(17)33/h2-3,6,11,14-15,17,19-20,32-33H,4-5,7-10H2,1H3,(H,28,29,30)/t14-,15+,17?,19+,20+/m0/s1. The maximum absolute atomic E-state index is 14.5. The van der Waals surface area contributed by atoms with Crippen LogP contribution in [0.4, 0.5) is 14.6 Å². The van der Waals surface area contributed by atoms with Gasteiger partial charge in [0.25, 0.3) is 5.91 Å². The quantitative estimate of drug-likeness (QED) is 0.631. The average Bonchev–Trinajstić information content (AvgIpc) is 3.41. The van der Waals surface area contributed by atoms with Crippen LogP contribution in [0, 0.1) is 12.7 Å².